The number of nitrogens with one attached hydrogen (secondary N) is 1. The van der Waals surface area contributed by atoms with E-state index < -0.39 is 14.9 Å². The minimum atomic E-state index is -3.85. The van der Waals surface area contributed by atoms with Crippen LogP contribution >= 0.6 is 0 Å². The molecule has 0 aromatic heterocycles. The van der Waals surface area contributed by atoms with Crippen molar-refractivity contribution >= 4 is 15.7 Å². The third kappa shape index (κ3) is 4.65. The first-order chi connectivity index (χ1) is 14.8. The molecule has 1 atom stereocenters. The average Bonchev–Trinajstić information content (AvgIpc) is 3.21. The number of fused-ring (bicyclic) bond motifs is 1. The fourth-order valence-electron chi connectivity index (χ4n) is 4.13. The predicted octanol–water partition coefficient (Wildman–Crippen LogP) is 2.79. The summed E-state index contributed by atoms with van der Waals surface area (Å²) in [5.41, 5.74) is 1.34. The highest BCUT2D eigenvalue weighted by Gasteiger charge is 2.28. The number of nitro groups is 1. The topological polar surface area (TPSA) is 111 Å². The Kier molecular flexibility index (Phi) is 6.12. The Hall–Kier alpha value is -2.69. The minimum Gasteiger partial charge on any atom is -0.486 e. The second-order valence-corrected chi connectivity index (χ2v) is 9.44. The van der Waals surface area contributed by atoms with Crippen molar-refractivity contribution in [3.63, 3.8) is 0 Å². The zero-order chi connectivity index (χ0) is 22.0. The molecule has 2 heterocycles. The van der Waals surface area contributed by atoms with Crippen LogP contribution < -0.4 is 14.2 Å². The largest absolute Gasteiger partial charge is 0.486 e. The lowest BCUT2D eigenvalue weighted by Gasteiger charge is -2.26. The molecule has 0 radical (unpaired) electrons. The number of sulfonamides is 1. The Balaban J connectivity index is 1.42. The predicted molar refractivity (Wildman–Crippen MR) is 114 cm³/mol. The van der Waals surface area contributed by atoms with Crippen molar-refractivity contribution in [2.75, 3.05) is 32.8 Å². The number of aryl methyl sites for hydroxylation is 1. The number of non-ortho nitro benzene ring substituents is 1. The third-order valence-electron chi connectivity index (χ3n) is 5.68. The Morgan fingerprint density at radius 1 is 1.16 bits per heavy atom. The van der Waals surface area contributed by atoms with E-state index in [0.717, 1.165) is 42.5 Å². The normalized spacial score (nSPS) is 18.8. The first-order valence-corrected chi connectivity index (χ1v) is 11.7. The van der Waals surface area contributed by atoms with E-state index in [1.165, 1.54) is 12.1 Å². The van der Waals surface area contributed by atoms with Gasteiger partial charge in [0.2, 0.25) is 10.0 Å². The van der Waals surface area contributed by atoms with Crippen LogP contribution in [0.2, 0.25) is 0 Å². The van der Waals surface area contributed by atoms with Crippen molar-refractivity contribution in [2.24, 2.45) is 0 Å². The van der Waals surface area contributed by atoms with Crippen LogP contribution in [0.15, 0.2) is 41.3 Å². The van der Waals surface area contributed by atoms with E-state index in [-0.39, 0.29) is 23.2 Å². The van der Waals surface area contributed by atoms with Crippen LogP contribution in [0.25, 0.3) is 0 Å². The van der Waals surface area contributed by atoms with E-state index in [2.05, 4.69) is 9.62 Å². The summed E-state index contributed by atoms with van der Waals surface area (Å²) in [5.74, 6) is 1.50. The monoisotopic (exact) mass is 447 g/mol. The molecule has 1 unspecified atom stereocenters. The molecule has 2 aromatic carbocycles. The Morgan fingerprint density at radius 3 is 2.71 bits per heavy atom. The van der Waals surface area contributed by atoms with Crippen molar-refractivity contribution in [2.45, 2.75) is 30.7 Å². The van der Waals surface area contributed by atoms with Gasteiger partial charge in [-0.05, 0) is 49.6 Å². The number of hydrogen-bond acceptors (Lipinski definition) is 7. The Labute approximate surface area is 181 Å². The maximum Gasteiger partial charge on any atom is 0.270 e. The molecule has 0 aliphatic carbocycles. The molecule has 0 amide bonds. The smallest absolute Gasteiger partial charge is 0.270 e. The molecule has 10 heteroatoms. The summed E-state index contributed by atoms with van der Waals surface area (Å²) in [5, 5.41) is 11.0. The van der Waals surface area contributed by atoms with Gasteiger partial charge in [-0.15, -0.1) is 0 Å². The number of nitrogens with zero attached hydrogens (tertiary/aromatic N) is 2. The lowest BCUT2D eigenvalue weighted by Crippen LogP contribution is -2.35. The molecule has 2 aliphatic rings. The van der Waals surface area contributed by atoms with Gasteiger partial charge in [-0.1, -0.05) is 12.1 Å². The fraction of sp³-hybridized carbons (Fsp3) is 0.429. The highest BCUT2D eigenvalue weighted by atomic mass is 32.2. The van der Waals surface area contributed by atoms with Crippen LogP contribution in [-0.2, 0) is 10.0 Å². The quantitative estimate of drug-likeness (QED) is 0.513. The van der Waals surface area contributed by atoms with Crippen LogP contribution in [-0.4, -0.2) is 51.1 Å². The van der Waals surface area contributed by atoms with Crippen molar-refractivity contribution in [1.29, 1.82) is 0 Å². The van der Waals surface area contributed by atoms with Gasteiger partial charge in [0.05, 0.1) is 9.82 Å². The molecule has 0 spiro atoms. The Morgan fingerprint density at radius 2 is 1.94 bits per heavy atom. The lowest BCUT2D eigenvalue weighted by atomic mass is 10.0. The number of rotatable bonds is 7. The van der Waals surface area contributed by atoms with Crippen LogP contribution in [0, 0.1) is 17.0 Å². The summed E-state index contributed by atoms with van der Waals surface area (Å²) in [7, 11) is -3.85. The zero-order valence-corrected chi connectivity index (χ0v) is 18.1. The van der Waals surface area contributed by atoms with E-state index >= 15 is 0 Å². The molecule has 4 rings (SSSR count). The van der Waals surface area contributed by atoms with E-state index in [0.29, 0.717) is 25.3 Å². The number of hydrogen-bond donors (Lipinski definition) is 1. The SMILES string of the molecule is Cc1ccc([N+](=O)[O-])cc1S(=O)(=O)NCCN1CCCC1c1ccc2c(c1)OCCO2. The van der Waals surface area contributed by atoms with Crippen molar-refractivity contribution in [3.05, 3.63) is 57.6 Å². The van der Waals surface area contributed by atoms with Gasteiger partial charge < -0.3 is 9.47 Å². The van der Waals surface area contributed by atoms with Gasteiger partial charge in [0.15, 0.2) is 11.5 Å². The van der Waals surface area contributed by atoms with Crippen molar-refractivity contribution < 1.29 is 22.8 Å². The number of nitro benzene ring substituents is 1. The molecule has 166 valence electrons. The van der Waals surface area contributed by atoms with Gasteiger partial charge in [0.25, 0.3) is 5.69 Å². The molecule has 9 nitrogen and oxygen atoms in total. The summed E-state index contributed by atoms with van der Waals surface area (Å²) in [6.45, 7) is 4.32. The number of likely N-dealkylation sites (tertiary alicyclic amines) is 1. The summed E-state index contributed by atoms with van der Waals surface area (Å²) in [4.78, 5) is 12.6. The molecule has 2 aliphatic heterocycles. The van der Waals surface area contributed by atoms with Crippen LogP contribution in [0.3, 0.4) is 0 Å². The first kappa shape index (κ1) is 21.5. The molecule has 1 saturated heterocycles. The maximum absolute atomic E-state index is 12.7. The molecular weight excluding hydrogens is 422 g/mol. The van der Waals surface area contributed by atoms with Gasteiger partial charge in [0.1, 0.15) is 13.2 Å². The van der Waals surface area contributed by atoms with Gasteiger partial charge >= 0.3 is 0 Å². The van der Waals surface area contributed by atoms with Gasteiger partial charge in [-0.2, -0.15) is 0 Å². The molecule has 0 saturated carbocycles. The summed E-state index contributed by atoms with van der Waals surface area (Å²) in [6.07, 6.45) is 2.01. The minimum absolute atomic E-state index is 0.0634. The summed E-state index contributed by atoms with van der Waals surface area (Å²) in [6, 6.07) is 10.0. The molecular formula is C21H25N3O6S. The van der Waals surface area contributed by atoms with Crippen molar-refractivity contribution in [3.8, 4) is 11.5 Å². The maximum atomic E-state index is 12.7. The van der Waals surface area contributed by atoms with Gasteiger partial charge in [-0.25, -0.2) is 13.1 Å². The van der Waals surface area contributed by atoms with Crippen LogP contribution in [0.4, 0.5) is 5.69 Å². The highest BCUT2D eigenvalue weighted by molar-refractivity contribution is 7.89. The summed E-state index contributed by atoms with van der Waals surface area (Å²) >= 11 is 0. The second-order valence-electron chi connectivity index (χ2n) is 7.70. The number of benzene rings is 2. The molecule has 0 bridgehead atoms. The average molecular weight is 448 g/mol. The summed E-state index contributed by atoms with van der Waals surface area (Å²) < 4.78 is 39.3. The van der Waals surface area contributed by atoms with Gasteiger partial charge in [0, 0.05) is 31.3 Å². The highest BCUT2D eigenvalue weighted by Crippen LogP contribution is 2.37. The van der Waals surface area contributed by atoms with E-state index in [1.54, 1.807) is 6.92 Å². The van der Waals surface area contributed by atoms with E-state index in [9.17, 15) is 18.5 Å². The van der Waals surface area contributed by atoms with Crippen LogP contribution in [0.1, 0.15) is 30.0 Å². The van der Waals surface area contributed by atoms with Gasteiger partial charge in [-0.3, -0.25) is 15.0 Å². The molecule has 1 N–H and O–H groups in total. The fourth-order valence-corrected chi connectivity index (χ4v) is 5.42. The Bertz CT molecular complexity index is 1090. The van der Waals surface area contributed by atoms with E-state index in [1.807, 2.05) is 18.2 Å². The number of ether oxygens (including phenoxy) is 2. The first-order valence-electron chi connectivity index (χ1n) is 10.2. The van der Waals surface area contributed by atoms with Crippen molar-refractivity contribution in [1.82, 2.24) is 9.62 Å². The molecule has 31 heavy (non-hydrogen) atoms. The van der Waals surface area contributed by atoms with E-state index in [4.69, 9.17) is 9.47 Å². The molecule has 1 fully saturated rings. The third-order valence-corrected chi connectivity index (χ3v) is 7.28. The zero-order valence-electron chi connectivity index (χ0n) is 17.2. The second kappa shape index (κ2) is 8.81. The lowest BCUT2D eigenvalue weighted by molar-refractivity contribution is -0.385. The van der Waals surface area contributed by atoms with Crippen LogP contribution in [0.5, 0.6) is 11.5 Å². The standard InChI is InChI=1S/C21H25N3O6S/c1-15-4-6-17(24(25)26)14-21(15)31(27,28)22-8-10-23-9-2-3-18(23)16-5-7-19-20(13-16)30-12-11-29-19/h4-7,13-14,18,22H,2-3,8-12H2,1H3. The molecule has 2 aromatic rings.